The van der Waals surface area contributed by atoms with Gasteiger partial charge in [0.25, 0.3) is 0 Å². The van der Waals surface area contributed by atoms with Crippen LogP contribution in [0.15, 0.2) is 66.5 Å². The van der Waals surface area contributed by atoms with Gasteiger partial charge in [-0.05, 0) is 17.7 Å². The van der Waals surface area contributed by atoms with Crippen molar-refractivity contribution in [2.75, 3.05) is 0 Å². The van der Waals surface area contributed by atoms with E-state index >= 15 is 0 Å². The maximum Gasteiger partial charge on any atom is 0.313 e. The SMILES string of the molecule is NC1=C(OS(=O)(=O)Cc2ccccc2)C(=O)C(c2ccncc2)O1. The van der Waals surface area contributed by atoms with E-state index in [-0.39, 0.29) is 11.6 Å². The van der Waals surface area contributed by atoms with E-state index in [2.05, 4.69) is 4.98 Å². The summed E-state index contributed by atoms with van der Waals surface area (Å²) < 4.78 is 34.5. The minimum absolute atomic E-state index is 0.349. The Morgan fingerprint density at radius 2 is 1.79 bits per heavy atom. The zero-order valence-corrected chi connectivity index (χ0v) is 13.3. The fourth-order valence-electron chi connectivity index (χ4n) is 2.25. The Hall–Kier alpha value is -2.87. The third kappa shape index (κ3) is 3.38. The number of rotatable bonds is 5. The fourth-order valence-corrected chi connectivity index (χ4v) is 3.33. The van der Waals surface area contributed by atoms with Gasteiger partial charge in [-0.3, -0.25) is 9.78 Å². The number of nitrogens with zero attached hydrogens (tertiary/aromatic N) is 1. The molecule has 124 valence electrons. The zero-order valence-electron chi connectivity index (χ0n) is 12.5. The maximum absolute atomic E-state index is 12.4. The third-order valence-electron chi connectivity index (χ3n) is 3.34. The summed E-state index contributed by atoms with van der Waals surface area (Å²) in [7, 11) is -4.04. The molecule has 1 aromatic carbocycles. The average Bonchev–Trinajstić information content (AvgIpc) is 2.84. The Morgan fingerprint density at radius 1 is 1.12 bits per heavy atom. The first-order valence-electron chi connectivity index (χ1n) is 7.03. The minimum Gasteiger partial charge on any atom is -0.460 e. The summed E-state index contributed by atoms with van der Waals surface area (Å²) in [4.78, 5) is 16.2. The van der Waals surface area contributed by atoms with Crippen LogP contribution in [-0.2, 0) is 29.6 Å². The molecule has 24 heavy (non-hydrogen) atoms. The predicted octanol–water partition coefficient (Wildman–Crippen LogP) is 1.40. The molecule has 1 aromatic heterocycles. The largest absolute Gasteiger partial charge is 0.460 e. The van der Waals surface area contributed by atoms with Gasteiger partial charge in [0.2, 0.25) is 17.4 Å². The number of ketones is 1. The Labute approximate surface area is 138 Å². The van der Waals surface area contributed by atoms with E-state index in [0.717, 1.165) is 0 Å². The van der Waals surface area contributed by atoms with Crippen LogP contribution in [0.25, 0.3) is 0 Å². The molecule has 0 saturated heterocycles. The van der Waals surface area contributed by atoms with Gasteiger partial charge in [-0.1, -0.05) is 30.3 Å². The first-order chi connectivity index (χ1) is 11.5. The van der Waals surface area contributed by atoms with Crippen molar-refractivity contribution in [2.24, 2.45) is 5.73 Å². The van der Waals surface area contributed by atoms with E-state index < -0.39 is 27.8 Å². The van der Waals surface area contributed by atoms with E-state index in [1.807, 2.05) is 0 Å². The summed E-state index contributed by atoms with van der Waals surface area (Å²) in [6.45, 7) is 0. The van der Waals surface area contributed by atoms with Crippen LogP contribution in [0.5, 0.6) is 0 Å². The highest BCUT2D eigenvalue weighted by atomic mass is 32.2. The Bertz CT molecular complexity index is 879. The summed E-state index contributed by atoms with van der Waals surface area (Å²) in [5.41, 5.74) is 6.68. The quantitative estimate of drug-likeness (QED) is 0.815. The minimum atomic E-state index is -4.04. The monoisotopic (exact) mass is 346 g/mol. The van der Waals surface area contributed by atoms with Gasteiger partial charge in [0, 0.05) is 18.0 Å². The topological polar surface area (TPSA) is 109 Å². The van der Waals surface area contributed by atoms with Gasteiger partial charge >= 0.3 is 10.1 Å². The number of ether oxygens (including phenoxy) is 1. The highest BCUT2D eigenvalue weighted by molar-refractivity contribution is 7.86. The van der Waals surface area contributed by atoms with Crippen molar-refractivity contribution in [3.05, 3.63) is 77.6 Å². The van der Waals surface area contributed by atoms with Crippen molar-refractivity contribution in [1.82, 2.24) is 4.98 Å². The summed E-state index contributed by atoms with van der Waals surface area (Å²) in [6.07, 6.45) is 1.95. The molecule has 2 heterocycles. The Kier molecular flexibility index (Phi) is 4.22. The number of Topliss-reactive ketones (excluding diaryl/α,β-unsaturated/α-hetero) is 1. The molecule has 0 radical (unpaired) electrons. The van der Waals surface area contributed by atoms with Gasteiger partial charge < -0.3 is 14.7 Å². The standard InChI is InChI=1S/C16H14N2O5S/c17-16-15(13(19)14(22-16)12-6-8-18-9-7-12)23-24(20,21)10-11-4-2-1-3-5-11/h1-9,14H,10,17H2. The first kappa shape index (κ1) is 16.0. The second kappa shape index (κ2) is 6.32. The number of carbonyl (C=O) groups excluding carboxylic acids is 1. The molecular formula is C16H14N2O5S. The van der Waals surface area contributed by atoms with Crippen molar-refractivity contribution in [3.8, 4) is 0 Å². The van der Waals surface area contributed by atoms with Gasteiger partial charge in [0.05, 0.1) is 0 Å². The van der Waals surface area contributed by atoms with E-state index in [1.54, 1.807) is 42.5 Å². The van der Waals surface area contributed by atoms with Crippen LogP contribution in [0, 0.1) is 0 Å². The number of aromatic nitrogens is 1. The van der Waals surface area contributed by atoms with Crippen LogP contribution in [-0.4, -0.2) is 19.2 Å². The lowest BCUT2D eigenvalue weighted by Crippen LogP contribution is -2.16. The van der Waals surface area contributed by atoms with Gasteiger partial charge in [-0.25, -0.2) is 0 Å². The molecule has 0 amide bonds. The highest BCUT2D eigenvalue weighted by Crippen LogP contribution is 2.32. The summed E-state index contributed by atoms with van der Waals surface area (Å²) >= 11 is 0. The highest BCUT2D eigenvalue weighted by Gasteiger charge is 2.39. The zero-order chi connectivity index (χ0) is 17.2. The molecule has 1 atom stereocenters. The van der Waals surface area contributed by atoms with Crippen LogP contribution in [0.2, 0.25) is 0 Å². The number of nitrogens with two attached hydrogens (primary N) is 1. The molecule has 2 N–H and O–H groups in total. The Balaban J connectivity index is 1.77. The van der Waals surface area contributed by atoms with Crippen molar-refractivity contribution < 1.29 is 22.1 Å². The number of hydrogen-bond donors (Lipinski definition) is 1. The molecule has 0 spiro atoms. The number of benzene rings is 1. The molecule has 3 rings (SSSR count). The summed E-state index contributed by atoms with van der Waals surface area (Å²) in [5.74, 6) is -1.86. The van der Waals surface area contributed by atoms with E-state index in [1.165, 1.54) is 12.4 Å². The molecule has 2 aromatic rings. The van der Waals surface area contributed by atoms with Crippen molar-refractivity contribution in [1.29, 1.82) is 0 Å². The van der Waals surface area contributed by atoms with Crippen LogP contribution in [0.3, 0.4) is 0 Å². The lowest BCUT2D eigenvalue weighted by atomic mass is 10.1. The normalized spacial score (nSPS) is 17.7. The molecular weight excluding hydrogens is 332 g/mol. The lowest BCUT2D eigenvalue weighted by Gasteiger charge is -2.09. The summed E-state index contributed by atoms with van der Waals surface area (Å²) in [6, 6.07) is 11.6. The number of carbonyl (C=O) groups is 1. The van der Waals surface area contributed by atoms with Crippen molar-refractivity contribution >= 4 is 15.9 Å². The smallest absolute Gasteiger partial charge is 0.313 e. The van der Waals surface area contributed by atoms with Crippen LogP contribution >= 0.6 is 0 Å². The fraction of sp³-hybridized carbons (Fsp3) is 0.125. The van der Waals surface area contributed by atoms with Gasteiger partial charge in [-0.2, -0.15) is 8.42 Å². The van der Waals surface area contributed by atoms with Gasteiger partial charge in [0.1, 0.15) is 5.75 Å². The van der Waals surface area contributed by atoms with Crippen LogP contribution in [0.1, 0.15) is 17.2 Å². The first-order valence-corrected chi connectivity index (χ1v) is 8.60. The molecule has 0 aliphatic carbocycles. The van der Waals surface area contributed by atoms with Gasteiger partial charge in [-0.15, -0.1) is 0 Å². The maximum atomic E-state index is 12.4. The second-order valence-corrected chi connectivity index (χ2v) is 6.68. The van der Waals surface area contributed by atoms with E-state index in [0.29, 0.717) is 11.1 Å². The molecule has 8 heteroatoms. The second-order valence-electron chi connectivity index (χ2n) is 5.11. The molecule has 1 aliphatic rings. The predicted molar refractivity (Wildman–Crippen MR) is 84.4 cm³/mol. The third-order valence-corrected chi connectivity index (χ3v) is 4.44. The molecule has 0 saturated carbocycles. The summed E-state index contributed by atoms with van der Waals surface area (Å²) in [5, 5.41) is 0. The lowest BCUT2D eigenvalue weighted by molar-refractivity contribution is -0.123. The molecule has 1 aliphatic heterocycles. The number of pyridine rings is 1. The number of hydrogen-bond acceptors (Lipinski definition) is 7. The molecule has 0 bridgehead atoms. The molecule has 7 nitrogen and oxygen atoms in total. The van der Waals surface area contributed by atoms with E-state index in [4.69, 9.17) is 14.7 Å². The molecule has 0 fully saturated rings. The molecule has 1 unspecified atom stereocenters. The van der Waals surface area contributed by atoms with E-state index in [9.17, 15) is 13.2 Å². The van der Waals surface area contributed by atoms with Crippen LogP contribution in [0.4, 0.5) is 0 Å². The van der Waals surface area contributed by atoms with Crippen LogP contribution < -0.4 is 5.73 Å². The van der Waals surface area contributed by atoms with Crippen molar-refractivity contribution in [2.45, 2.75) is 11.9 Å². The Morgan fingerprint density at radius 3 is 2.46 bits per heavy atom. The average molecular weight is 346 g/mol. The van der Waals surface area contributed by atoms with Gasteiger partial charge in [0.15, 0.2) is 6.10 Å². The van der Waals surface area contributed by atoms with Crippen molar-refractivity contribution in [3.63, 3.8) is 0 Å².